The Kier molecular flexibility index (Phi) is 5.63. The van der Waals surface area contributed by atoms with Gasteiger partial charge in [-0.3, -0.25) is 9.59 Å². The van der Waals surface area contributed by atoms with Crippen LogP contribution in [-0.2, 0) is 4.79 Å². The lowest BCUT2D eigenvalue weighted by atomic mass is 10.0. The minimum Gasteiger partial charge on any atom is -0.497 e. The van der Waals surface area contributed by atoms with Crippen LogP contribution >= 0.6 is 0 Å². The normalized spacial score (nSPS) is 19.4. The molecule has 2 fully saturated rings. The Morgan fingerprint density at radius 3 is 2.21 bits per heavy atom. The summed E-state index contributed by atoms with van der Waals surface area (Å²) in [5, 5.41) is 2.89. The van der Waals surface area contributed by atoms with Crippen molar-refractivity contribution in [2.45, 2.75) is 18.5 Å². The van der Waals surface area contributed by atoms with Gasteiger partial charge in [-0.1, -0.05) is 18.2 Å². The maximum Gasteiger partial charge on any atom is 0.329 e. The summed E-state index contributed by atoms with van der Waals surface area (Å²) < 4.78 is 10.9. The summed E-state index contributed by atoms with van der Waals surface area (Å²) in [5.41, 5.74) is 0.866. The number of hydrogen-bond donors (Lipinski definition) is 1. The van der Waals surface area contributed by atoms with E-state index in [1.165, 1.54) is 4.90 Å². The standard InChI is InChI=1S/C26H23N3O5/c1-33-19-11-7-17(8-12-19)24(30)28-16-15-22-23(28)25(31)29(26(32)27-22)18-9-13-21(14-10-18)34-20-5-3-2-4-6-20/h2-14,22-23H,15-16H2,1H3,(H,27,32). The molecule has 3 aromatic carbocycles. The first-order chi connectivity index (χ1) is 16.5. The summed E-state index contributed by atoms with van der Waals surface area (Å²) in [6.07, 6.45) is 0.516. The maximum absolute atomic E-state index is 13.5. The van der Waals surface area contributed by atoms with Gasteiger partial charge in [0.1, 0.15) is 23.3 Å². The summed E-state index contributed by atoms with van der Waals surface area (Å²) in [6.45, 7) is 0.379. The summed E-state index contributed by atoms with van der Waals surface area (Å²) in [6, 6.07) is 21.1. The predicted molar refractivity (Wildman–Crippen MR) is 125 cm³/mol. The fourth-order valence-electron chi connectivity index (χ4n) is 4.36. The number of urea groups is 1. The minimum absolute atomic E-state index is 0.258. The highest BCUT2D eigenvalue weighted by Crippen LogP contribution is 2.31. The molecule has 34 heavy (non-hydrogen) atoms. The molecule has 0 bridgehead atoms. The van der Waals surface area contributed by atoms with Crippen molar-refractivity contribution < 1.29 is 23.9 Å². The van der Waals surface area contributed by atoms with E-state index in [9.17, 15) is 14.4 Å². The molecule has 2 atom stereocenters. The highest BCUT2D eigenvalue weighted by atomic mass is 16.5. The predicted octanol–water partition coefficient (Wildman–Crippen LogP) is 3.83. The second kappa shape index (κ2) is 8.90. The Bertz CT molecular complexity index is 1210. The van der Waals surface area contributed by atoms with Crippen molar-refractivity contribution in [3.05, 3.63) is 84.4 Å². The smallest absolute Gasteiger partial charge is 0.329 e. The molecule has 0 aliphatic carbocycles. The number of amides is 4. The molecule has 0 saturated carbocycles. The van der Waals surface area contributed by atoms with Gasteiger partial charge in [-0.2, -0.15) is 0 Å². The molecule has 3 aromatic rings. The zero-order valence-corrected chi connectivity index (χ0v) is 18.5. The Balaban J connectivity index is 1.36. The third-order valence-corrected chi connectivity index (χ3v) is 6.05. The number of carbonyl (C=O) groups is 3. The molecule has 0 aromatic heterocycles. The fourth-order valence-corrected chi connectivity index (χ4v) is 4.36. The van der Waals surface area contributed by atoms with Crippen LogP contribution in [-0.4, -0.2) is 48.5 Å². The molecule has 2 heterocycles. The van der Waals surface area contributed by atoms with Crippen LogP contribution in [0.25, 0.3) is 0 Å². The number of benzene rings is 3. The van der Waals surface area contributed by atoms with Crippen molar-refractivity contribution in [1.29, 1.82) is 0 Å². The van der Waals surface area contributed by atoms with Gasteiger partial charge in [0.05, 0.1) is 18.8 Å². The SMILES string of the molecule is COc1ccc(C(=O)N2CCC3NC(=O)N(c4ccc(Oc5ccccc5)cc4)C(=O)C32)cc1. The molecule has 4 amide bonds. The minimum atomic E-state index is -0.771. The highest BCUT2D eigenvalue weighted by Gasteiger charge is 2.50. The summed E-state index contributed by atoms with van der Waals surface area (Å²) in [4.78, 5) is 42.0. The molecule has 2 saturated heterocycles. The number of carbonyl (C=O) groups excluding carboxylic acids is 3. The number of imide groups is 1. The number of nitrogens with zero attached hydrogens (tertiary/aromatic N) is 2. The zero-order chi connectivity index (χ0) is 23.7. The van der Waals surface area contributed by atoms with Gasteiger partial charge in [0.15, 0.2) is 0 Å². The second-order valence-corrected chi connectivity index (χ2v) is 8.10. The number of hydrogen-bond acceptors (Lipinski definition) is 5. The van der Waals surface area contributed by atoms with Crippen molar-refractivity contribution in [2.24, 2.45) is 0 Å². The van der Waals surface area contributed by atoms with Gasteiger partial charge in [-0.25, -0.2) is 9.69 Å². The molecule has 2 unspecified atom stereocenters. The van der Waals surface area contributed by atoms with Crippen molar-refractivity contribution in [2.75, 3.05) is 18.6 Å². The van der Waals surface area contributed by atoms with Gasteiger partial charge >= 0.3 is 6.03 Å². The maximum atomic E-state index is 13.5. The molecular weight excluding hydrogens is 434 g/mol. The van der Waals surface area contributed by atoms with Gasteiger partial charge in [0.2, 0.25) is 0 Å². The number of ether oxygens (including phenoxy) is 2. The van der Waals surface area contributed by atoms with Gasteiger partial charge in [0, 0.05) is 12.1 Å². The molecule has 2 aliphatic heterocycles. The molecule has 0 spiro atoms. The average Bonchev–Trinajstić information content (AvgIpc) is 3.29. The van der Waals surface area contributed by atoms with E-state index >= 15 is 0 Å². The van der Waals surface area contributed by atoms with E-state index < -0.39 is 24.0 Å². The van der Waals surface area contributed by atoms with E-state index in [0.29, 0.717) is 41.5 Å². The summed E-state index contributed by atoms with van der Waals surface area (Å²) >= 11 is 0. The lowest BCUT2D eigenvalue weighted by Gasteiger charge is -2.36. The number of nitrogens with one attached hydrogen (secondary N) is 1. The Hall–Kier alpha value is -4.33. The fraction of sp³-hybridized carbons (Fsp3) is 0.192. The molecule has 8 heteroatoms. The van der Waals surface area contributed by atoms with Crippen LogP contribution in [0.2, 0.25) is 0 Å². The molecular formula is C26H23N3O5. The molecule has 2 aliphatic rings. The van der Waals surface area contributed by atoms with E-state index in [0.717, 1.165) is 4.90 Å². The topological polar surface area (TPSA) is 88.2 Å². The quantitative estimate of drug-likeness (QED) is 0.629. The van der Waals surface area contributed by atoms with Gasteiger partial charge in [-0.05, 0) is 67.1 Å². The van der Waals surface area contributed by atoms with Crippen LogP contribution < -0.4 is 19.7 Å². The van der Waals surface area contributed by atoms with Crippen LogP contribution in [0.5, 0.6) is 17.2 Å². The van der Waals surface area contributed by atoms with Crippen LogP contribution in [0, 0.1) is 0 Å². The van der Waals surface area contributed by atoms with Crippen LogP contribution in [0.3, 0.4) is 0 Å². The van der Waals surface area contributed by atoms with E-state index in [1.54, 1.807) is 55.6 Å². The third kappa shape index (κ3) is 3.94. The van der Waals surface area contributed by atoms with E-state index in [4.69, 9.17) is 9.47 Å². The average molecular weight is 457 g/mol. The number of likely N-dealkylation sites (tertiary alicyclic amines) is 1. The highest BCUT2D eigenvalue weighted by molar-refractivity contribution is 6.19. The first kappa shape index (κ1) is 21.5. The number of rotatable bonds is 5. The Morgan fingerprint density at radius 1 is 0.882 bits per heavy atom. The zero-order valence-electron chi connectivity index (χ0n) is 18.5. The summed E-state index contributed by atoms with van der Waals surface area (Å²) in [7, 11) is 1.56. The first-order valence-corrected chi connectivity index (χ1v) is 11.0. The van der Waals surface area contributed by atoms with Crippen molar-refractivity contribution in [1.82, 2.24) is 10.2 Å². The molecule has 0 radical (unpaired) electrons. The van der Waals surface area contributed by atoms with E-state index in [2.05, 4.69) is 5.32 Å². The molecule has 1 N–H and O–H groups in total. The number of methoxy groups -OCH3 is 1. The van der Waals surface area contributed by atoms with Crippen LogP contribution in [0.15, 0.2) is 78.9 Å². The van der Waals surface area contributed by atoms with Gasteiger partial charge in [0.25, 0.3) is 11.8 Å². The van der Waals surface area contributed by atoms with E-state index in [1.807, 2.05) is 30.3 Å². The lowest BCUT2D eigenvalue weighted by molar-refractivity contribution is -0.122. The number of para-hydroxylation sites is 1. The summed E-state index contributed by atoms with van der Waals surface area (Å²) in [5.74, 6) is 1.22. The Morgan fingerprint density at radius 2 is 1.53 bits per heavy atom. The molecule has 5 rings (SSSR count). The second-order valence-electron chi connectivity index (χ2n) is 8.10. The molecule has 8 nitrogen and oxygen atoms in total. The monoisotopic (exact) mass is 457 g/mol. The molecule has 172 valence electrons. The lowest BCUT2D eigenvalue weighted by Crippen LogP contribution is -2.65. The van der Waals surface area contributed by atoms with Crippen LogP contribution in [0.4, 0.5) is 10.5 Å². The number of fused-ring (bicyclic) bond motifs is 1. The van der Waals surface area contributed by atoms with E-state index in [-0.39, 0.29) is 5.91 Å². The van der Waals surface area contributed by atoms with Crippen LogP contribution in [0.1, 0.15) is 16.8 Å². The third-order valence-electron chi connectivity index (χ3n) is 6.05. The van der Waals surface area contributed by atoms with Crippen molar-refractivity contribution in [3.63, 3.8) is 0 Å². The van der Waals surface area contributed by atoms with Crippen molar-refractivity contribution >= 4 is 23.5 Å². The number of anilines is 1. The largest absolute Gasteiger partial charge is 0.497 e. The van der Waals surface area contributed by atoms with Crippen molar-refractivity contribution in [3.8, 4) is 17.2 Å². The Labute approximate surface area is 196 Å². The first-order valence-electron chi connectivity index (χ1n) is 11.0. The van der Waals surface area contributed by atoms with Gasteiger partial charge < -0.3 is 19.7 Å². The van der Waals surface area contributed by atoms with Gasteiger partial charge in [-0.15, -0.1) is 0 Å².